The van der Waals surface area contributed by atoms with E-state index in [-0.39, 0.29) is 24.2 Å². The zero-order chi connectivity index (χ0) is 25.2. The Kier molecular flexibility index (Phi) is 6.56. The highest BCUT2D eigenvalue weighted by Crippen LogP contribution is 2.32. The number of hydrogen-bond acceptors (Lipinski definition) is 5. The molecular weight excluding hydrogens is 454 g/mol. The van der Waals surface area contributed by atoms with Crippen LogP contribution in [-0.4, -0.2) is 45.1 Å². The predicted octanol–water partition coefficient (Wildman–Crippen LogP) is 4.21. The quantitative estimate of drug-likeness (QED) is 0.537. The van der Waals surface area contributed by atoms with Crippen molar-refractivity contribution in [1.82, 2.24) is 14.9 Å². The van der Waals surface area contributed by atoms with E-state index < -0.39 is 30.8 Å². The minimum absolute atomic E-state index is 0.172. The van der Waals surface area contributed by atoms with Gasteiger partial charge in [-0.2, -0.15) is 5.26 Å². The first-order valence-corrected chi connectivity index (χ1v) is 11.0. The Balaban J connectivity index is 1.54. The Morgan fingerprint density at radius 2 is 2.06 bits per heavy atom. The highest BCUT2D eigenvalue weighted by Gasteiger charge is 2.47. The van der Waals surface area contributed by atoms with Crippen molar-refractivity contribution in [1.29, 1.82) is 5.26 Å². The Labute approximate surface area is 199 Å². The number of pyridine rings is 2. The van der Waals surface area contributed by atoms with Gasteiger partial charge in [-0.3, -0.25) is 19.4 Å². The summed E-state index contributed by atoms with van der Waals surface area (Å²) in [5.41, 5.74) is 3.34. The molecule has 1 N–H and O–H groups in total. The first kappa shape index (κ1) is 24.0. The molecule has 1 saturated heterocycles. The SMILES string of the molecule is C/C(=C\c1ccc(=O)[nH]c1)c1ccc2nccc(C(=O)CCC(=O)N3CC(F)(F)C[C@H]3C#N)c2c1. The van der Waals surface area contributed by atoms with Crippen LogP contribution in [0.5, 0.6) is 0 Å². The molecule has 4 rings (SSSR count). The van der Waals surface area contributed by atoms with Crippen molar-refractivity contribution in [3.8, 4) is 6.07 Å². The second-order valence-corrected chi connectivity index (χ2v) is 8.55. The summed E-state index contributed by atoms with van der Waals surface area (Å²) in [5, 5.41) is 9.71. The van der Waals surface area contributed by atoms with Crippen molar-refractivity contribution in [2.45, 2.75) is 38.2 Å². The first-order valence-electron chi connectivity index (χ1n) is 11.0. The minimum atomic E-state index is -3.10. The summed E-state index contributed by atoms with van der Waals surface area (Å²) in [6.07, 6.45) is 3.88. The summed E-state index contributed by atoms with van der Waals surface area (Å²) in [6.45, 7) is 1.10. The van der Waals surface area contributed by atoms with E-state index in [0.29, 0.717) is 16.5 Å². The number of aromatic nitrogens is 2. The standard InChI is InChI=1S/C26H22F2N4O3/c1-16(10-17-2-6-24(34)31-14-17)18-3-4-22-21(11-18)20(8-9-30-22)23(33)5-7-25(35)32-15-26(27,28)12-19(32)13-29/h2-4,6,8-11,14,19H,5,7,12,15H2,1H3,(H,31,34)/b16-10+/t19-/m0/s1. The summed E-state index contributed by atoms with van der Waals surface area (Å²) < 4.78 is 27.3. The maximum absolute atomic E-state index is 13.6. The van der Waals surface area contributed by atoms with Gasteiger partial charge in [0.05, 0.1) is 18.1 Å². The van der Waals surface area contributed by atoms with Crippen molar-refractivity contribution in [2.75, 3.05) is 6.54 Å². The molecule has 0 bridgehead atoms. The van der Waals surface area contributed by atoms with Crippen LogP contribution in [0.3, 0.4) is 0 Å². The maximum Gasteiger partial charge on any atom is 0.268 e. The molecule has 178 valence electrons. The number of fused-ring (bicyclic) bond motifs is 1. The van der Waals surface area contributed by atoms with Gasteiger partial charge < -0.3 is 9.88 Å². The van der Waals surface area contributed by atoms with Crippen molar-refractivity contribution in [3.63, 3.8) is 0 Å². The molecule has 0 unspecified atom stereocenters. The van der Waals surface area contributed by atoms with Gasteiger partial charge in [0.2, 0.25) is 11.5 Å². The lowest BCUT2D eigenvalue weighted by atomic mass is 9.97. The van der Waals surface area contributed by atoms with Crippen LogP contribution in [0.15, 0.2) is 53.6 Å². The number of benzene rings is 1. The van der Waals surface area contributed by atoms with Gasteiger partial charge in [-0.25, -0.2) is 8.78 Å². The number of halogens is 2. The molecule has 7 nitrogen and oxygen atoms in total. The third-order valence-corrected chi connectivity index (χ3v) is 5.99. The van der Waals surface area contributed by atoms with Crippen LogP contribution in [-0.2, 0) is 4.79 Å². The lowest BCUT2D eigenvalue weighted by molar-refractivity contribution is -0.132. The summed E-state index contributed by atoms with van der Waals surface area (Å²) in [5.74, 6) is -4.05. The number of carbonyl (C=O) groups excluding carboxylic acids is 2. The number of hydrogen-bond donors (Lipinski definition) is 1. The second-order valence-electron chi connectivity index (χ2n) is 8.55. The number of rotatable bonds is 6. The third kappa shape index (κ3) is 5.32. The van der Waals surface area contributed by atoms with Crippen molar-refractivity contribution < 1.29 is 18.4 Å². The molecule has 9 heteroatoms. The number of nitriles is 1. The zero-order valence-corrected chi connectivity index (χ0v) is 18.9. The molecule has 1 aliphatic rings. The highest BCUT2D eigenvalue weighted by molar-refractivity contribution is 6.08. The highest BCUT2D eigenvalue weighted by atomic mass is 19.3. The fraction of sp³-hybridized carbons (Fsp3) is 0.269. The van der Waals surface area contributed by atoms with Gasteiger partial charge in [0.1, 0.15) is 6.04 Å². The Morgan fingerprint density at radius 1 is 1.26 bits per heavy atom. The van der Waals surface area contributed by atoms with E-state index in [1.165, 1.54) is 12.3 Å². The van der Waals surface area contributed by atoms with Crippen LogP contribution < -0.4 is 5.56 Å². The third-order valence-electron chi connectivity index (χ3n) is 5.99. The molecule has 0 saturated carbocycles. The molecule has 3 heterocycles. The molecule has 0 radical (unpaired) electrons. The number of ketones is 1. The Hall–Kier alpha value is -4.19. The maximum atomic E-state index is 13.6. The Bertz CT molecular complexity index is 1420. The number of allylic oxidation sites excluding steroid dienone is 1. The summed E-state index contributed by atoms with van der Waals surface area (Å²) in [6, 6.07) is 10.8. The molecule has 35 heavy (non-hydrogen) atoms. The normalized spacial score (nSPS) is 17.4. The summed E-state index contributed by atoms with van der Waals surface area (Å²) in [4.78, 5) is 44.5. The van der Waals surface area contributed by atoms with E-state index in [0.717, 1.165) is 21.6 Å². The lowest BCUT2D eigenvalue weighted by Gasteiger charge is -2.18. The zero-order valence-electron chi connectivity index (χ0n) is 18.9. The summed E-state index contributed by atoms with van der Waals surface area (Å²) >= 11 is 0. The molecule has 0 aliphatic carbocycles. The van der Waals surface area contributed by atoms with Gasteiger partial charge >= 0.3 is 0 Å². The average Bonchev–Trinajstić information content (AvgIpc) is 3.17. The molecule has 1 fully saturated rings. The number of aromatic amines is 1. The number of amides is 1. The van der Waals surface area contributed by atoms with Gasteiger partial charge in [-0.15, -0.1) is 0 Å². The molecule has 1 aliphatic heterocycles. The molecule has 1 atom stereocenters. The van der Waals surface area contributed by atoms with Gasteiger partial charge in [-0.1, -0.05) is 6.07 Å². The number of nitrogens with zero attached hydrogens (tertiary/aromatic N) is 3. The van der Waals surface area contributed by atoms with E-state index in [1.807, 2.05) is 25.1 Å². The number of nitrogens with one attached hydrogen (secondary N) is 1. The summed E-state index contributed by atoms with van der Waals surface area (Å²) in [7, 11) is 0. The number of likely N-dealkylation sites (tertiary alicyclic amines) is 1. The van der Waals surface area contributed by atoms with E-state index in [2.05, 4.69) is 9.97 Å². The minimum Gasteiger partial charge on any atom is -0.329 e. The fourth-order valence-corrected chi connectivity index (χ4v) is 4.17. The average molecular weight is 476 g/mol. The van der Waals surface area contributed by atoms with E-state index in [9.17, 15) is 23.2 Å². The number of alkyl halides is 2. The van der Waals surface area contributed by atoms with Gasteiger partial charge in [-0.05, 0) is 54.0 Å². The molecular formula is C26H22F2N4O3. The monoisotopic (exact) mass is 476 g/mol. The van der Waals surface area contributed by atoms with E-state index in [4.69, 9.17) is 5.26 Å². The number of H-pyrrole nitrogens is 1. The van der Waals surface area contributed by atoms with Crippen LogP contribution in [0.1, 0.15) is 47.7 Å². The molecule has 2 aromatic heterocycles. The lowest BCUT2D eigenvalue weighted by Crippen LogP contribution is -2.36. The predicted molar refractivity (Wildman–Crippen MR) is 127 cm³/mol. The van der Waals surface area contributed by atoms with Crippen molar-refractivity contribution in [2.24, 2.45) is 0 Å². The van der Waals surface area contributed by atoms with Crippen LogP contribution in [0.2, 0.25) is 0 Å². The molecule has 0 spiro atoms. The molecule has 1 aromatic carbocycles. The van der Waals surface area contributed by atoms with Crippen LogP contribution >= 0.6 is 0 Å². The van der Waals surface area contributed by atoms with E-state index in [1.54, 1.807) is 30.5 Å². The van der Waals surface area contributed by atoms with Crippen molar-refractivity contribution in [3.05, 3.63) is 75.8 Å². The number of Topliss-reactive ketones (excluding diaryl/α,β-unsaturated/α-hetero) is 1. The first-order chi connectivity index (χ1) is 16.7. The Morgan fingerprint density at radius 3 is 2.77 bits per heavy atom. The largest absolute Gasteiger partial charge is 0.329 e. The van der Waals surface area contributed by atoms with Crippen LogP contribution in [0.25, 0.3) is 22.6 Å². The van der Waals surface area contributed by atoms with Gasteiger partial charge in [0.25, 0.3) is 5.92 Å². The molecule has 3 aromatic rings. The fourth-order valence-electron chi connectivity index (χ4n) is 4.17. The number of carbonyl (C=O) groups is 2. The smallest absolute Gasteiger partial charge is 0.268 e. The van der Waals surface area contributed by atoms with Crippen LogP contribution in [0, 0.1) is 11.3 Å². The van der Waals surface area contributed by atoms with E-state index >= 15 is 0 Å². The van der Waals surface area contributed by atoms with Crippen LogP contribution in [0.4, 0.5) is 8.78 Å². The molecule has 1 amide bonds. The van der Waals surface area contributed by atoms with Gasteiger partial charge in [0, 0.05) is 48.7 Å². The van der Waals surface area contributed by atoms with Gasteiger partial charge in [0.15, 0.2) is 5.78 Å². The van der Waals surface area contributed by atoms with Crippen molar-refractivity contribution >= 4 is 34.2 Å². The topological polar surface area (TPSA) is 107 Å². The second kappa shape index (κ2) is 9.58.